The van der Waals surface area contributed by atoms with Gasteiger partial charge in [0.1, 0.15) is 0 Å². The van der Waals surface area contributed by atoms with E-state index in [2.05, 4.69) is 29.3 Å². The van der Waals surface area contributed by atoms with Gasteiger partial charge >= 0.3 is 0 Å². The molecule has 3 rings (SSSR count). The molecule has 6 nitrogen and oxygen atoms in total. The van der Waals surface area contributed by atoms with Gasteiger partial charge in [-0.25, -0.2) is 4.68 Å². The Hall–Kier alpha value is -2.21. The lowest BCUT2D eigenvalue weighted by Gasteiger charge is -2.32. The Balaban J connectivity index is 1.63. The van der Waals surface area contributed by atoms with Crippen LogP contribution in [0, 0.1) is 12.8 Å². The quantitative estimate of drug-likeness (QED) is 0.862. The zero-order valence-corrected chi connectivity index (χ0v) is 14.6. The summed E-state index contributed by atoms with van der Waals surface area (Å²) in [5.41, 5.74) is 2.52. The van der Waals surface area contributed by atoms with Crippen molar-refractivity contribution in [2.45, 2.75) is 19.8 Å². The highest BCUT2D eigenvalue weighted by Gasteiger charge is 2.25. The second-order valence-corrected chi connectivity index (χ2v) is 6.88. The summed E-state index contributed by atoms with van der Waals surface area (Å²) in [6.45, 7) is 4.73. The summed E-state index contributed by atoms with van der Waals surface area (Å²) in [6.07, 6.45) is 3.82. The molecule has 1 aliphatic heterocycles. The van der Waals surface area contributed by atoms with Crippen LogP contribution in [0.25, 0.3) is 5.69 Å². The molecule has 0 saturated carbocycles. The molecular formula is C18H25N5O. The molecule has 1 aliphatic rings. The molecule has 0 atom stereocenters. The molecule has 24 heavy (non-hydrogen) atoms. The van der Waals surface area contributed by atoms with Gasteiger partial charge in [0.15, 0.2) is 5.69 Å². The molecule has 0 N–H and O–H groups in total. The van der Waals surface area contributed by atoms with Gasteiger partial charge in [-0.05, 0) is 51.9 Å². The highest BCUT2D eigenvalue weighted by molar-refractivity contribution is 5.92. The summed E-state index contributed by atoms with van der Waals surface area (Å²) >= 11 is 0. The molecular weight excluding hydrogens is 302 g/mol. The predicted molar refractivity (Wildman–Crippen MR) is 93.3 cm³/mol. The maximum Gasteiger partial charge on any atom is 0.276 e. The lowest BCUT2D eigenvalue weighted by molar-refractivity contribution is 0.0672. The zero-order valence-electron chi connectivity index (χ0n) is 14.6. The van der Waals surface area contributed by atoms with Gasteiger partial charge in [-0.2, -0.15) is 0 Å². The van der Waals surface area contributed by atoms with Crippen LogP contribution in [0.5, 0.6) is 0 Å². The van der Waals surface area contributed by atoms with Crippen molar-refractivity contribution < 1.29 is 4.79 Å². The largest absolute Gasteiger partial charge is 0.337 e. The first kappa shape index (κ1) is 16.6. The summed E-state index contributed by atoms with van der Waals surface area (Å²) in [5, 5.41) is 8.17. The van der Waals surface area contributed by atoms with E-state index in [1.807, 2.05) is 36.1 Å². The van der Waals surface area contributed by atoms with E-state index >= 15 is 0 Å². The van der Waals surface area contributed by atoms with Gasteiger partial charge in [0, 0.05) is 19.6 Å². The van der Waals surface area contributed by atoms with E-state index in [9.17, 15) is 4.79 Å². The van der Waals surface area contributed by atoms with Crippen molar-refractivity contribution in [1.29, 1.82) is 0 Å². The van der Waals surface area contributed by atoms with E-state index in [0.29, 0.717) is 11.6 Å². The average molecular weight is 327 g/mol. The summed E-state index contributed by atoms with van der Waals surface area (Å²) in [7, 11) is 4.20. The van der Waals surface area contributed by atoms with Crippen LogP contribution >= 0.6 is 0 Å². The van der Waals surface area contributed by atoms with Crippen LogP contribution in [-0.2, 0) is 0 Å². The highest BCUT2D eigenvalue weighted by Crippen LogP contribution is 2.19. The van der Waals surface area contributed by atoms with Gasteiger partial charge in [0.05, 0.1) is 11.9 Å². The number of aryl methyl sites for hydroxylation is 1. The fourth-order valence-electron chi connectivity index (χ4n) is 3.18. The topological polar surface area (TPSA) is 54.3 Å². The number of rotatable bonds is 4. The summed E-state index contributed by atoms with van der Waals surface area (Å²) < 4.78 is 1.66. The van der Waals surface area contributed by atoms with Crippen molar-refractivity contribution in [3.05, 3.63) is 41.7 Å². The minimum atomic E-state index is -0.0170. The first-order valence-electron chi connectivity index (χ1n) is 8.46. The average Bonchev–Trinajstić information content (AvgIpc) is 3.05. The van der Waals surface area contributed by atoms with Crippen LogP contribution < -0.4 is 0 Å². The molecule has 0 unspecified atom stereocenters. The normalized spacial score (nSPS) is 15.9. The fourth-order valence-corrected chi connectivity index (χ4v) is 3.18. The second-order valence-electron chi connectivity index (χ2n) is 6.88. The number of carbonyl (C=O) groups excluding carboxylic acids is 1. The first-order valence-corrected chi connectivity index (χ1v) is 8.46. The van der Waals surface area contributed by atoms with Gasteiger partial charge < -0.3 is 9.80 Å². The smallest absolute Gasteiger partial charge is 0.276 e. The number of aromatic nitrogens is 3. The number of piperidine rings is 1. The summed E-state index contributed by atoms with van der Waals surface area (Å²) in [4.78, 5) is 16.7. The Morgan fingerprint density at radius 3 is 2.50 bits per heavy atom. The lowest BCUT2D eigenvalue weighted by Crippen LogP contribution is -2.40. The molecule has 2 aromatic rings. The SMILES string of the molecule is Cc1ccc(-n2cc(C(=O)N3CCC(CN(C)C)CC3)nn2)cc1. The zero-order chi connectivity index (χ0) is 17.1. The molecule has 1 fully saturated rings. The van der Waals surface area contributed by atoms with Crippen molar-refractivity contribution in [3.8, 4) is 5.69 Å². The van der Waals surface area contributed by atoms with Crippen LogP contribution in [0.4, 0.5) is 0 Å². The monoisotopic (exact) mass is 327 g/mol. The van der Waals surface area contributed by atoms with Crippen LogP contribution in [0.15, 0.2) is 30.5 Å². The number of hydrogen-bond donors (Lipinski definition) is 0. The second kappa shape index (κ2) is 7.13. The Kier molecular flexibility index (Phi) is 4.94. The minimum Gasteiger partial charge on any atom is -0.337 e. The molecule has 2 heterocycles. The van der Waals surface area contributed by atoms with Crippen LogP contribution in [0.1, 0.15) is 28.9 Å². The highest BCUT2D eigenvalue weighted by atomic mass is 16.2. The van der Waals surface area contributed by atoms with E-state index < -0.39 is 0 Å². The van der Waals surface area contributed by atoms with Crippen molar-refractivity contribution in [3.63, 3.8) is 0 Å². The lowest BCUT2D eigenvalue weighted by atomic mass is 9.96. The Bertz CT molecular complexity index is 684. The molecule has 0 aliphatic carbocycles. The van der Waals surface area contributed by atoms with Gasteiger partial charge in [-0.15, -0.1) is 5.10 Å². The minimum absolute atomic E-state index is 0.0170. The van der Waals surface area contributed by atoms with Gasteiger partial charge in [-0.1, -0.05) is 22.9 Å². The van der Waals surface area contributed by atoms with E-state index in [0.717, 1.165) is 38.2 Å². The molecule has 6 heteroatoms. The third-order valence-corrected chi connectivity index (χ3v) is 4.54. The number of carbonyl (C=O) groups is 1. The Morgan fingerprint density at radius 1 is 1.21 bits per heavy atom. The van der Waals surface area contributed by atoms with Gasteiger partial charge in [-0.3, -0.25) is 4.79 Å². The molecule has 0 radical (unpaired) electrons. The molecule has 0 spiro atoms. The molecule has 0 bridgehead atoms. The maximum atomic E-state index is 12.6. The van der Waals surface area contributed by atoms with E-state index in [1.165, 1.54) is 5.56 Å². The number of benzene rings is 1. The van der Waals surface area contributed by atoms with E-state index in [4.69, 9.17) is 0 Å². The molecule has 1 aromatic heterocycles. The molecule has 1 amide bonds. The summed E-state index contributed by atoms with van der Waals surface area (Å²) in [5.74, 6) is 0.656. The predicted octanol–water partition coefficient (Wildman–Crippen LogP) is 1.99. The number of hydrogen-bond acceptors (Lipinski definition) is 4. The summed E-state index contributed by atoms with van der Waals surface area (Å²) in [6, 6.07) is 8.00. The fraction of sp³-hybridized carbons (Fsp3) is 0.500. The van der Waals surface area contributed by atoms with Crippen molar-refractivity contribution in [2.24, 2.45) is 5.92 Å². The van der Waals surface area contributed by atoms with Crippen molar-refractivity contribution >= 4 is 5.91 Å². The van der Waals surface area contributed by atoms with E-state index in [-0.39, 0.29) is 5.91 Å². The molecule has 128 valence electrons. The molecule has 1 aromatic carbocycles. The number of amides is 1. The maximum absolute atomic E-state index is 12.6. The first-order chi connectivity index (χ1) is 11.5. The van der Waals surface area contributed by atoms with Gasteiger partial charge in [0.2, 0.25) is 0 Å². The number of nitrogens with zero attached hydrogens (tertiary/aromatic N) is 5. The van der Waals surface area contributed by atoms with Crippen LogP contribution in [-0.4, -0.2) is 64.4 Å². The van der Waals surface area contributed by atoms with E-state index in [1.54, 1.807) is 10.9 Å². The Morgan fingerprint density at radius 2 is 1.88 bits per heavy atom. The van der Waals surface area contributed by atoms with Crippen molar-refractivity contribution in [1.82, 2.24) is 24.8 Å². The van der Waals surface area contributed by atoms with Crippen LogP contribution in [0.2, 0.25) is 0 Å². The standard InChI is InChI=1S/C18H25N5O/c1-14-4-6-16(7-5-14)23-13-17(19-20-23)18(24)22-10-8-15(9-11-22)12-21(2)3/h4-7,13,15H,8-12H2,1-3H3. The Labute approximate surface area is 143 Å². The van der Waals surface area contributed by atoms with Crippen molar-refractivity contribution in [2.75, 3.05) is 33.7 Å². The number of likely N-dealkylation sites (tertiary alicyclic amines) is 1. The van der Waals surface area contributed by atoms with Crippen LogP contribution in [0.3, 0.4) is 0 Å². The molecule has 1 saturated heterocycles. The third kappa shape index (κ3) is 3.82. The third-order valence-electron chi connectivity index (χ3n) is 4.54. The van der Waals surface area contributed by atoms with Gasteiger partial charge in [0.25, 0.3) is 5.91 Å².